The number of rotatable bonds is 3. The van der Waals surface area contributed by atoms with Crippen LogP contribution in [-0.2, 0) is 4.79 Å². The number of piperidine rings is 1. The summed E-state index contributed by atoms with van der Waals surface area (Å²) in [6.45, 7) is 3.00. The second kappa shape index (κ2) is 8.18. The van der Waals surface area contributed by atoms with E-state index in [1.165, 1.54) is 30.4 Å². The maximum Gasteiger partial charge on any atom is 0.224 e. The quantitative estimate of drug-likeness (QED) is 0.667. The van der Waals surface area contributed by atoms with Gasteiger partial charge in [0.1, 0.15) is 0 Å². The predicted octanol–water partition coefficient (Wildman–Crippen LogP) is 5.63. The Morgan fingerprint density at radius 3 is 1.80 bits per heavy atom. The van der Waals surface area contributed by atoms with Crippen LogP contribution in [0, 0.1) is 5.92 Å². The minimum atomic E-state index is -0.0761. The second-order valence-electron chi connectivity index (χ2n) is 9.24. The topological polar surface area (TPSA) is 32.3 Å². The SMILES string of the molecule is O=C1NCC2(N3CCCCC3)CC(c3ccc(Cl)cc3)C1C(c1ccc(Cl)cc1)C2. The van der Waals surface area contributed by atoms with Crippen molar-refractivity contribution in [3.63, 3.8) is 0 Å². The summed E-state index contributed by atoms with van der Waals surface area (Å²) in [5.74, 6) is 0.473. The highest BCUT2D eigenvalue weighted by Gasteiger charge is 2.54. The van der Waals surface area contributed by atoms with Crippen LogP contribution in [0.5, 0.6) is 0 Å². The Bertz CT molecular complexity index is 850. The number of amides is 1. The van der Waals surface area contributed by atoms with E-state index < -0.39 is 0 Å². The fourth-order valence-electron chi connectivity index (χ4n) is 6.12. The maximum absolute atomic E-state index is 13.4. The molecule has 5 heteroatoms. The van der Waals surface area contributed by atoms with Crippen LogP contribution < -0.4 is 5.32 Å². The van der Waals surface area contributed by atoms with E-state index in [0.29, 0.717) is 0 Å². The van der Waals surface area contributed by atoms with Crippen molar-refractivity contribution in [2.45, 2.75) is 49.5 Å². The van der Waals surface area contributed by atoms with Crippen LogP contribution in [0.1, 0.15) is 55.1 Å². The molecule has 2 aromatic carbocycles. The molecule has 30 heavy (non-hydrogen) atoms. The van der Waals surface area contributed by atoms with Gasteiger partial charge in [-0.05, 0) is 86.0 Å². The zero-order valence-electron chi connectivity index (χ0n) is 17.1. The van der Waals surface area contributed by atoms with E-state index in [1.54, 1.807) is 0 Å². The molecule has 0 aromatic heterocycles. The molecule has 2 atom stereocenters. The first-order valence-electron chi connectivity index (χ1n) is 11.1. The van der Waals surface area contributed by atoms with Crippen molar-refractivity contribution in [3.8, 4) is 0 Å². The highest BCUT2D eigenvalue weighted by atomic mass is 35.5. The van der Waals surface area contributed by atoms with Gasteiger partial charge in [0.25, 0.3) is 0 Å². The van der Waals surface area contributed by atoms with Crippen LogP contribution in [0.25, 0.3) is 0 Å². The summed E-state index contributed by atoms with van der Waals surface area (Å²) >= 11 is 12.4. The molecule has 4 fully saturated rings. The zero-order chi connectivity index (χ0) is 20.7. The van der Waals surface area contributed by atoms with Crippen LogP contribution in [-0.4, -0.2) is 36.0 Å². The van der Waals surface area contributed by atoms with Crippen molar-refractivity contribution in [1.82, 2.24) is 10.2 Å². The van der Waals surface area contributed by atoms with Crippen molar-refractivity contribution in [2.75, 3.05) is 19.6 Å². The Kier molecular flexibility index (Phi) is 5.55. The van der Waals surface area contributed by atoms with Crippen molar-refractivity contribution >= 4 is 29.1 Å². The van der Waals surface area contributed by atoms with Gasteiger partial charge in [-0.2, -0.15) is 0 Å². The summed E-state index contributed by atoms with van der Waals surface area (Å²) in [7, 11) is 0. The van der Waals surface area contributed by atoms with E-state index in [-0.39, 0.29) is 29.2 Å². The van der Waals surface area contributed by atoms with Gasteiger partial charge >= 0.3 is 0 Å². The van der Waals surface area contributed by atoms with Crippen LogP contribution in [0.15, 0.2) is 48.5 Å². The van der Waals surface area contributed by atoms with Gasteiger partial charge in [-0.15, -0.1) is 0 Å². The first-order chi connectivity index (χ1) is 14.6. The van der Waals surface area contributed by atoms with E-state index in [9.17, 15) is 4.79 Å². The average Bonchev–Trinajstić information content (AvgIpc) is 3.02. The Morgan fingerprint density at radius 1 is 0.800 bits per heavy atom. The Morgan fingerprint density at radius 2 is 1.30 bits per heavy atom. The van der Waals surface area contributed by atoms with E-state index in [4.69, 9.17) is 23.2 Å². The van der Waals surface area contributed by atoms with E-state index in [2.05, 4.69) is 34.5 Å². The summed E-state index contributed by atoms with van der Waals surface area (Å²) in [6.07, 6.45) is 5.83. The van der Waals surface area contributed by atoms with Crippen molar-refractivity contribution in [2.24, 2.45) is 5.92 Å². The highest BCUT2D eigenvalue weighted by molar-refractivity contribution is 6.30. The third-order valence-electron chi connectivity index (χ3n) is 7.58. The van der Waals surface area contributed by atoms with E-state index in [0.717, 1.165) is 42.5 Å². The molecule has 1 aliphatic carbocycles. The number of hydrogen-bond donors (Lipinski definition) is 1. The largest absolute Gasteiger partial charge is 0.354 e. The van der Waals surface area contributed by atoms with Gasteiger partial charge in [-0.25, -0.2) is 0 Å². The van der Waals surface area contributed by atoms with Crippen LogP contribution in [0.4, 0.5) is 0 Å². The minimum Gasteiger partial charge on any atom is -0.354 e. The molecule has 3 nitrogen and oxygen atoms in total. The number of carbonyl (C=O) groups excluding carboxylic acids is 1. The molecule has 0 spiro atoms. The highest BCUT2D eigenvalue weighted by Crippen LogP contribution is 2.54. The number of benzene rings is 2. The number of halogens is 2. The Balaban J connectivity index is 1.61. The number of fused-ring (bicyclic) bond motifs is 4. The summed E-state index contributed by atoms with van der Waals surface area (Å²) in [5.41, 5.74) is 2.44. The van der Waals surface area contributed by atoms with Gasteiger partial charge in [0.15, 0.2) is 0 Å². The molecule has 1 N–H and O–H groups in total. The molecule has 158 valence electrons. The Labute approximate surface area is 188 Å². The monoisotopic (exact) mass is 442 g/mol. The van der Waals surface area contributed by atoms with Gasteiger partial charge < -0.3 is 5.32 Å². The van der Waals surface area contributed by atoms with Gasteiger partial charge in [0, 0.05) is 22.1 Å². The second-order valence-corrected chi connectivity index (χ2v) is 10.1. The molecule has 2 unspecified atom stereocenters. The molecule has 2 aromatic rings. The first-order valence-corrected chi connectivity index (χ1v) is 11.9. The van der Waals surface area contributed by atoms with Gasteiger partial charge in [0.05, 0.1) is 5.92 Å². The van der Waals surface area contributed by atoms with Gasteiger partial charge in [0.2, 0.25) is 5.91 Å². The molecule has 1 amide bonds. The lowest BCUT2D eigenvalue weighted by Gasteiger charge is -2.52. The zero-order valence-corrected chi connectivity index (χ0v) is 18.6. The average molecular weight is 443 g/mol. The van der Waals surface area contributed by atoms with Crippen molar-refractivity contribution in [1.29, 1.82) is 0 Å². The molecule has 3 aliphatic heterocycles. The number of carbonyl (C=O) groups is 1. The van der Waals surface area contributed by atoms with E-state index >= 15 is 0 Å². The standard InChI is InChI=1S/C25H28Cl2N2O/c26-19-8-4-17(5-9-19)21-14-25(29-12-2-1-3-13-29)15-22(23(21)24(30)28-16-25)18-6-10-20(27)11-7-18/h4-11,21-23H,1-3,12-16H2,(H,28,30). The molecular formula is C25H28Cl2N2O. The number of likely N-dealkylation sites (tertiary alicyclic amines) is 1. The fraction of sp³-hybridized carbons (Fsp3) is 0.480. The van der Waals surface area contributed by atoms with Crippen LogP contribution in [0.2, 0.25) is 10.0 Å². The third kappa shape index (κ3) is 3.66. The summed E-state index contributed by atoms with van der Waals surface area (Å²) in [4.78, 5) is 16.1. The molecule has 0 radical (unpaired) electrons. The maximum atomic E-state index is 13.4. The molecule has 1 saturated carbocycles. The van der Waals surface area contributed by atoms with Crippen LogP contribution >= 0.6 is 23.2 Å². The lowest BCUT2D eigenvalue weighted by atomic mass is 9.61. The normalized spacial score (nSPS) is 31.9. The lowest BCUT2D eigenvalue weighted by molar-refractivity contribution is -0.125. The molecule has 6 rings (SSSR count). The molecule has 3 saturated heterocycles. The number of hydrogen-bond acceptors (Lipinski definition) is 2. The van der Waals surface area contributed by atoms with Crippen molar-refractivity contribution < 1.29 is 4.79 Å². The van der Waals surface area contributed by atoms with Gasteiger partial charge in [-0.1, -0.05) is 53.9 Å². The first kappa shape index (κ1) is 20.4. The van der Waals surface area contributed by atoms with Crippen molar-refractivity contribution in [3.05, 3.63) is 69.7 Å². The molecule has 2 bridgehead atoms. The molecule has 4 aliphatic rings. The number of nitrogens with zero attached hydrogens (tertiary/aromatic N) is 1. The molecule has 3 heterocycles. The molecular weight excluding hydrogens is 415 g/mol. The fourth-order valence-corrected chi connectivity index (χ4v) is 6.38. The minimum absolute atomic E-state index is 0.00230. The lowest BCUT2D eigenvalue weighted by Crippen LogP contribution is -2.57. The summed E-state index contributed by atoms with van der Waals surface area (Å²) in [5, 5.41) is 4.81. The van der Waals surface area contributed by atoms with Crippen LogP contribution in [0.3, 0.4) is 0 Å². The smallest absolute Gasteiger partial charge is 0.224 e. The third-order valence-corrected chi connectivity index (χ3v) is 8.09. The number of nitrogens with one attached hydrogen (secondary N) is 1. The Hall–Kier alpha value is -1.55. The van der Waals surface area contributed by atoms with E-state index in [1.807, 2.05) is 24.3 Å². The van der Waals surface area contributed by atoms with Gasteiger partial charge in [-0.3, -0.25) is 9.69 Å². The summed E-state index contributed by atoms with van der Waals surface area (Å²) < 4.78 is 0. The summed E-state index contributed by atoms with van der Waals surface area (Å²) in [6, 6.07) is 16.3. The predicted molar refractivity (Wildman–Crippen MR) is 122 cm³/mol.